The molecule has 1 aliphatic carbocycles. The summed E-state index contributed by atoms with van der Waals surface area (Å²) >= 11 is 0. The van der Waals surface area contributed by atoms with Gasteiger partial charge in [-0.2, -0.15) is 0 Å². The Morgan fingerprint density at radius 2 is 1.94 bits per heavy atom. The second-order valence-electron chi connectivity index (χ2n) is 6.57. The second-order valence-corrected chi connectivity index (χ2v) is 6.57. The predicted octanol–water partition coefficient (Wildman–Crippen LogP) is 3.42. The highest BCUT2D eigenvalue weighted by atomic mass is 16.5. The van der Waals surface area contributed by atoms with Crippen molar-refractivity contribution in [3.05, 3.63) is 29.3 Å². The largest absolute Gasteiger partial charge is 0.486 e. The van der Waals surface area contributed by atoms with Crippen molar-refractivity contribution in [3.63, 3.8) is 0 Å². The number of hydrogen-bond donors (Lipinski definition) is 1. The third-order valence-corrected chi connectivity index (χ3v) is 3.58. The molecule has 2 nitrogen and oxygen atoms in total. The summed E-state index contributed by atoms with van der Waals surface area (Å²) in [6, 6.07) is 6.56. The Morgan fingerprint density at radius 3 is 2.44 bits per heavy atom. The lowest BCUT2D eigenvalue weighted by atomic mass is 9.86. The van der Waals surface area contributed by atoms with E-state index in [-0.39, 0.29) is 11.0 Å². The first-order valence-electron chi connectivity index (χ1n) is 6.81. The number of nitrogens with one attached hydrogen (secondary N) is 1. The van der Waals surface area contributed by atoms with E-state index in [1.807, 2.05) is 7.05 Å². The number of benzene rings is 1. The third kappa shape index (κ3) is 2.86. The minimum Gasteiger partial charge on any atom is -0.486 e. The molecule has 2 rings (SSSR count). The molecule has 0 unspecified atom stereocenters. The molecule has 0 spiro atoms. The van der Waals surface area contributed by atoms with E-state index in [9.17, 15) is 0 Å². The van der Waals surface area contributed by atoms with E-state index in [1.165, 1.54) is 11.1 Å². The van der Waals surface area contributed by atoms with Gasteiger partial charge in [0.15, 0.2) is 0 Å². The summed E-state index contributed by atoms with van der Waals surface area (Å²) in [5.74, 6) is 1.07. The maximum Gasteiger partial charge on any atom is 0.124 e. The Balaban J connectivity index is 2.29. The highest BCUT2D eigenvalue weighted by molar-refractivity contribution is 5.42. The lowest BCUT2D eigenvalue weighted by Crippen LogP contribution is -2.32. The van der Waals surface area contributed by atoms with Crippen LogP contribution in [0.3, 0.4) is 0 Å². The molecule has 2 heteroatoms. The molecule has 0 atom stereocenters. The molecule has 1 N–H and O–H groups in total. The molecular weight excluding hydrogens is 222 g/mol. The molecule has 0 amide bonds. The number of hydrogen-bond acceptors (Lipinski definition) is 2. The van der Waals surface area contributed by atoms with Crippen LogP contribution >= 0.6 is 0 Å². The lowest BCUT2D eigenvalue weighted by molar-refractivity contribution is 0.174. The molecule has 0 aromatic heterocycles. The van der Waals surface area contributed by atoms with Crippen LogP contribution in [0.1, 0.15) is 44.7 Å². The van der Waals surface area contributed by atoms with Gasteiger partial charge in [-0.05, 0) is 49.4 Å². The summed E-state index contributed by atoms with van der Waals surface area (Å²) in [7, 11) is 1.99. The van der Waals surface area contributed by atoms with Crippen molar-refractivity contribution in [2.24, 2.45) is 0 Å². The van der Waals surface area contributed by atoms with Crippen LogP contribution in [0.25, 0.3) is 0 Å². The van der Waals surface area contributed by atoms with Gasteiger partial charge in [-0.1, -0.05) is 32.9 Å². The zero-order chi connectivity index (χ0) is 13.4. The van der Waals surface area contributed by atoms with Crippen molar-refractivity contribution in [1.29, 1.82) is 0 Å². The molecule has 1 fully saturated rings. The van der Waals surface area contributed by atoms with Gasteiger partial charge in [0.25, 0.3) is 0 Å². The number of aryl methyl sites for hydroxylation is 1. The van der Waals surface area contributed by atoms with Crippen molar-refractivity contribution in [1.82, 2.24) is 5.32 Å². The van der Waals surface area contributed by atoms with Gasteiger partial charge in [-0.15, -0.1) is 0 Å². The predicted molar refractivity (Wildman–Crippen MR) is 76.4 cm³/mol. The number of ether oxygens (including phenoxy) is 1. The SMILES string of the molecule is CNCC1(Oc2cc(C)ccc2C(C)(C)C)CC1. The van der Waals surface area contributed by atoms with Crippen LogP contribution in [-0.2, 0) is 5.41 Å². The van der Waals surface area contributed by atoms with Crippen LogP contribution < -0.4 is 10.1 Å². The van der Waals surface area contributed by atoms with Gasteiger partial charge in [0.1, 0.15) is 11.4 Å². The molecule has 1 saturated carbocycles. The van der Waals surface area contributed by atoms with Crippen molar-refractivity contribution in [3.8, 4) is 5.75 Å². The van der Waals surface area contributed by atoms with Crippen LogP contribution in [-0.4, -0.2) is 19.2 Å². The van der Waals surface area contributed by atoms with E-state index in [4.69, 9.17) is 4.74 Å². The summed E-state index contributed by atoms with van der Waals surface area (Å²) in [6.45, 7) is 9.77. The van der Waals surface area contributed by atoms with E-state index < -0.39 is 0 Å². The average Bonchev–Trinajstić information content (AvgIpc) is 2.96. The van der Waals surface area contributed by atoms with Crippen molar-refractivity contribution >= 4 is 0 Å². The summed E-state index contributed by atoms with van der Waals surface area (Å²) in [4.78, 5) is 0. The van der Waals surface area contributed by atoms with Gasteiger partial charge in [-0.3, -0.25) is 0 Å². The van der Waals surface area contributed by atoms with Gasteiger partial charge in [0.05, 0.1) is 0 Å². The van der Waals surface area contributed by atoms with Crippen LogP contribution in [0.4, 0.5) is 0 Å². The van der Waals surface area contributed by atoms with E-state index in [0.717, 1.165) is 25.1 Å². The smallest absolute Gasteiger partial charge is 0.124 e. The van der Waals surface area contributed by atoms with Crippen LogP contribution in [0, 0.1) is 6.92 Å². The van der Waals surface area contributed by atoms with Gasteiger partial charge < -0.3 is 10.1 Å². The average molecular weight is 247 g/mol. The molecule has 100 valence electrons. The number of likely N-dealkylation sites (N-methyl/N-ethyl adjacent to an activating group) is 1. The quantitative estimate of drug-likeness (QED) is 0.880. The van der Waals surface area contributed by atoms with Gasteiger partial charge in [0.2, 0.25) is 0 Å². The Hall–Kier alpha value is -1.02. The number of rotatable bonds is 4. The normalized spacial score (nSPS) is 17.6. The van der Waals surface area contributed by atoms with Crippen LogP contribution in [0.2, 0.25) is 0 Å². The zero-order valence-electron chi connectivity index (χ0n) is 12.3. The standard InChI is InChI=1S/C16H25NO/c1-12-6-7-13(15(2,3)4)14(10-12)18-16(8-9-16)11-17-5/h6-7,10,17H,8-9,11H2,1-5H3. The molecule has 0 radical (unpaired) electrons. The fourth-order valence-electron chi connectivity index (χ4n) is 2.34. The summed E-state index contributed by atoms with van der Waals surface area (Å²) < 4.78 is 6.33. The Bertz CT molecular complexity index is 427. The summed E-state index contributed by atoms with van der Waals surface area (Å²) in [5.41, 5.74) is 2.73. The first kappa shape index (κ1) is 13.4. The van der Waals surface area contributed by atoms with E-state index >= 15 is 0 Å². The molecule has 0 heterocycles. The zero-order valence-corrected chi connectivity index (χ0v) is 12.3. The summed E-state index contributed by atoms with van der Waals surface area (Å²) in [6.07, 6.45) is 2.32. The summed E-state index contributed by atoms with van der Waals surface area (Å²) in [5, 5.41) is 3.24. The molecule has 0 saturated heterocycles. The topological polar surface area (TPSA) is 21.3 Å². The third-order valence-electron chi connectivity index (χ3n) is 3.58. The van der Waals surface area contributed by atoms with E-state index in [2.05, 4.69) is 51.2 Å². The van der Waals surface area contributed by atoms with Crippen molar-refractivity contribution < 1.29 is 4.74 Å². The molecule has 0 aliphatic heterocycles. The van der Waals surface area contributed by atoms with Gasteiger partial charge >= 0.3 is 0 Å². The molecule has 1 aromatic carbocycles. The fourth-order valence-corrected chi connectivity index (χ4v) is 2.34. The Labute approximate surface area is 111 Å². The fraction of sp³-hybridized carbons (Fsp3) is 0.625. The minimum absolute atomic E-state index is 0.0442. The van der Waals surface area contributed by atoms with Crippen LogP contribution in [0.5, 0.6) is 5.75 Å². The lowest BCUT2D eigenvalue weighted by Gasteiger charge is -2.26. The highest BCUT2D eigenvalue weighted by Crippen LogP contribution is 2.42. The molecule has 1 aliphatic rings. The highest BCUT2D eigenvalue weighted by Gasteiger charge is 2.45. The van der Waals surface area contributed by atoms with Crippen LogP contribution in [0.15, 0.2) is 18.2 Å². The molecule has 0 bridgehead atoms. The maximum absolute atomic E-state index is 6.33. The molecule has 18 heavy (non-hydrogen) atoms. The van der Waals surface area contributed by atoms with E-state index in [1.54, 1.807) is 0 Å². The Morgan fingerprint density at radius 1 is 1.28 bits per heavy atom. The van der Waals surface area contributed by atoms with Crippen molar-refractivity contribution in [2.45, 2.75) is 51.6 Å². The second kappa shape index (κ2) is 4.58. The molecule has 1 aromatic rings. The monoisotopic (exact) mass is 247 g/mol. The Kier molecular flexibility index (Phi) is 3.41. The minimum atomic E-state index is 0.0442. The van der Waals surface area contributed by atoms with Crippen molar-refractivity contribution in [2.75, 3.05) is 13.6 Å². The van der Waals surface area contributed by atoms with E-state index in [0.29, 0.717) is 0 Å². The first-order chi connectivity index (χ1) is 8.36. The molecular formula is C16H25NO. The first-order valence-corrected chi connectivity index (χ1v) is 6.81. The maximum atomic E-state index is 6.33. The van der Waals surface area contributed by atoms with Gasteiger partial charge in [-0.25, -0.2) is 0 Å². The van der Waals surface area contributed by atoms with Gasteiger partial charge in [0, 0.05) is 6.54 Å².